The molecular formula is C26H29N5O3. The second-order valence-electron chi connectivity index (χ2n) is 8.13. The van der Waals surface area contributed by atoms with Crippen LogP contribution < -0.4 is 10.2 Å². The fourth-order valence-electron chi connectivity index (χ4n) is 3.96. The Morgan fingerprint density at radius 1 is 1.21 bits per heavy atom. The minimum atomic E-state index is -0.458. The number of pyridine rings is 1. The van der Waals surface area contributed by atoms with Crippen LogP contribution in [0.15, 0.2) is 35.4 Å². The van der Waals surface area contributed by atoms with Crippen LogP contribution in [0.4, 0.5) is 0 Å². The molecule has 2 aromatic heterocycles. The van der Waals surface area contributed by atoms with Crippen molar-refractivity contribution in [3.63, 3.8) is 0 Å². The van der Waals surface area contributed by atoms with Gasteiger partial charge in [-0.2, -0.15) is 10.4 Å². The van der Waals surface area contributed by atoms with Gasteiger partial charge in [0, 0.05) is 35.3 Å². The van der Waals surface area contributed by atoms with Gasteiger partial charge in [-0.3, -0.25) is 4.79 Å². The van der Waals surface area contributed by atoms with Crippen LogP contribution >= 0.6 is 0 Å². The van der Waals surface area contributed by atoms with Crippen LogP contribution in [0.3, 0.4) is 0 Å². The number of aromatic nitrogens is 2. The van der Waals surface area contributed by atoms with Crippen molar-refractivity contribution in [2.24, 2.45) is 5.10 Å². The average Bonchev–Trinajstić information content (AvgIpc) is 3.05. The molecule has 176 valence electrons. The molecule has 3 aromatic rings. The summed E-state index contributed by atoms with van der Waals surface area (Å²) in [6, 6.07) is 12.1. The van der Waals surface area contributed by atoms with Crippen molar-refractivity contribution in [3.05, 3.63) is 75.2 Å². The first-order chi connectivity index (χ1) is 16.3. The molecule has 8 heteroatoms. The van der Waals surface area contributed by atoms with Crippen molar-refractivity contribution < 1.29 is 14.3 Å². The summed E-state index contributed by atoms with van der Waals surface area (Å²) in [5.41, 5.74) is 10.6. The van der Waals surface area contributed by atoms with Crippen molar-refractivity contribution in [3.8, 4) is 17.6 Å². The summed E-state index contributed by atoms with van der Waals surface area (Å²) in [4.78, 5) is 16.5. The number of benzene rings is 1. The number of carbonyl (C=O) groups excluding carboxylic acids is 1. The maximum absolute atomic E-state index is 12.3. The molecule has 1 amide bonds. The van der Waals surface area contributed by atoms with E-state index in [1.165, 1.54) is 11.1 Å². The average molecular weight is 460 g/mol. The number of methoxy groups -OCH3 is 1. The van der Waals surface area contributed by atoms with Crippen molar-refractivity contribution in [1.82, 2.24) is 15.0 Å². The highest BCUT2D eigenvalue weighted by atomic mass is 16.5. The van der Waals surface area contributed by atoms with Crippen molar-refractivity contribution >= 4 is 12.1 Å². The number of hydrogen-bond donors (Lipinski definition) is 1. The van der Waals surface area contributed by atoms with Crippen LogP contribution in [0.1, 0.15) is 44.9 Å². The third-order valence-corrected chi connectivity index (χ3v) is 5.47. The fraction of sp³-hybridized carbons (Fsp3) is 0.308. The van der Waals surface area contributed by atoms with Crippen LogP contribution in [0.2, 0.25) is 0 Å². The molecule has 0 unspecified atom stereocenters. The number of nitrogens with zero attached hydrogens (tertiary/aromatic N) is 4. The summed E-state index contributed by atoms with van der Waals surface area (Å²) in [6.07, 6.45) is 1.62. The quantitative estimate of drug-likeness (QED) is 0.406. The highest BCUT2D eigenvalue weighted by Crippen LogP contribution is 2.25. The van der Waals surface area contributed by atoms with Crippen LogP contribution in [0.5, 0.6) is 5.88 Å². The van der Waals surface area contributed by atoms with Gasteiger partial charge in [0.2, 0.25) is 5.88 Å². The van der Waals surface area contributed by atoms with Gasteiger partial charge in [-0.1, -0.05) is 18.2 Å². The Balaban J connectivity index is 1.70. The number of aryl methyl sites for hydroxylation is 4. The third-order valence-electron chi connectivity index (χ3n) is 5.47. The molecule has 0 aliphatic rings. The number of hydrogen-bond acceptors (Lipinski definition) is 6. The van der Waals surface area contributed by atoms with Gasteiger partial charge in [0.1, 0.15) is 11.6 Å². The molecule has 0 atom stereocenters. The molecule has 0 saturated carbocycles. The van der Waals surface area contributed by atoms with E-state index in [1.54, 1.807) is 26.3 Å². The van der Waals surface area contributed by atoms with Gasteiger partial charge >= 0.3 is 0 Å². The van der Waals surface area contributed by atoms with E-state index in [9.17, 15) is 10.1 Å². The molecule has 3 rings (SSSR count). The zero-order valence-electron chi connectivity index (χ0n) is 20.4. The van der Waals surface area contributed by atoms with E-state index in [2.05, 4.69) is 52.1 Å². The molecular weight excluding hydrogens is 430 g/mol. The molecule has 8 nitrogen and oxygen atoms in total. The molecule has 1 N–H and O–H groups in total. The van der Waals surface area contributed by atoms with Crippen molar-refractivity contribution in [2.75, 3.05) is 13.7 Å². The Kier molecular flexibility index (Phi) is 7.82. The zero-order valence-corrected chi connectivity index (χ0v) is 20.4. The van der Waals surface area contributed by atoms with E-state index >= 15 is 0 Å². The van der Waals surface area contributed by atoms with Gasteiger partial charge in [0.25, 0.3) is 5.91 Å². The van der Waals surface area contributed by atoms with Gasteiger partial charge in [-0.15, -0.1) is 0 Å². The lowest BCUT2D eigenvalue weighted by Crippen LogP contribution is -2.25. The fourth-order valence-corrected chi connectivity index (χ4v) is 3.96. The summed E-state index contributed by atoms with van der Waals surface area (Å²) in [5.74, 6) is -0.355. The molecule has 0 aliphatic carbocycles. The lowest BCUT2D eigenvalue weighted by molar-refractivity contribution is -0.123. The lowest BCUT2D eigenvalue weighted by Gasteiger charge is -2.15. The van der Waals surface area contributed by atoms with Gasteiger partial charge in [0.05, 0.1) is 18.5 Å². The first-order valence-electron chi connectivity index (χ1n) is 10.9. The first-order valence-corrected chi connectivity index (χ1v) is 10.9. The Morgan fingerprint density at radius 3 is 2.56 bits per heavy atom. The maximum atomic E-state index is 12.3. The summed E-state index contributed by atoms with van der Waals surface area (Å²) in [7, 11) is 1.54. The SMILES string of the molecule is COCc1cc(C)nc(OCC(=O)N/N=C/c2cc(C)n(-c3c(C)cccc3C)c2C)c1C#N. The predicted molar refractivity (Wildman–Crippen MR) is 130 cm³/mol. The Hall–Kier alpha value is -3.96. The van der Waals surface area contributed by atoms with Gasteiger partial charge in [-0.05, 0) is 57.9 Å². The van der Waals surface area contributed by atoms with E-state index in [-0.39, 0.29) is 24.7 Å². The summed E-state index contributed by atoms with van der Waals surface area (Å²) in [5, 5.41) is 13.6. The van der Waals surface area contributed by atoms with E-state index in [4.69, 9.17) is 9.47 Å². The zero-order chi connectivity index (χ0) is 24.8. The second kappa shape index (κ2) is 10.8. The molecule has 0 saturated heterocycles. The maximum Gasteiger partial charge on any atom is 0.278 e. The molecule has 0 aliphatic heterocycles. The Bertz CT molecular complexity index is 1260. The molecule has 1 aromatic carbocycles. The molecule has 0 bridgehead atoms. The minimum Gasteiger partial charge on any atom is -0.467 e. The van der Waals surface area contributed by atoms with E-state index in [0.717, 1.165) is 22.6 Å². The van der Waals surface area contributed by atoms with Crippen molar-refractivity contribution in [2.45, 2.75) is 41.2 Å². The largest absolute Gasteiger partial charge is 0.467 e. The number of nitrogens with one attached hydrogen (secondary N) is 1. The second-order valence-corrected chi connectivity index (χ2v) is 8.13. The van der Waals surface area contributed by atoms with Crippen LogP contribution in [0.25, 0.3) is 5.69 Å². The minimum absolute atomic E-state index is 0.103. The van der Waals surface area contributed by atoms with Gasteiger partial charge in [-0.25, -0.2) is 10.4 Å². The number of para-hydroxylation sites is 1. The molecule has 34 heavy (non-hydrogen) atoms. The number of rotatable bonds is 8. The number of nitriles is 1. The molecule has 2 heterocycles. The highest BCUT2D eigenvalue weighted by Gasteiger charge is 2.15. The van der Waals surface area contributed by atoms with E-state index < -0.39 is 5.91 Å². The number of amides is 1. The van der Waals surface area contributed by atoms with Gasteiger partial charge < -0.3 is 14.0 Å². The Labute approximate surface area is 199 Å². The molecule has 0 radical (unpaired) electrons. The smallest absolute Gasteiger partial charge is 0.278 e. The summed E-state index contributed by atoms with van der Waals surface area (Å²) < 4.78 is 12.8. The molecule has 0 fully saturated rings. The number of ether oxygens (including phenoxy) is 2. The van der Waals surface area contributed by atoms with Crippen molar-refractivity contribution in [1.29, 1.82) is 5.26 Å². The normalized spacial score (nSPS) is 11.0. The topological polar surface area (TPSA) is 102 Å². The highest BCUT2D eigenvalue weighted by molar-refractivity contribution is 5.84. The lowest BCUT2D eigenvalue weighted by atomic mass is 10.1. The standard InChI is InChI=1S/C26H29N5O3/c1-16-8-7-9-17(2)25(16)31-19(4)11-21(20(31)5)13-28-30-24(32)15-34-26-23(12-27)22(14-33-6)10-18(3)29-26/h7-11,13H,14-15H2,1-6H3,(H,30,32)/b28-13+. The van der Waals surface area contributed by atoms with Crippen LogP contribution in [-0.4, -0.2) is 35.4 Å². The number of carbonyl (C=O) groups is 1. The third kappa shape index (κ3) is 5.33. The van der Waals surface area contributed by atoms with Crippen LogP contribution in [-0.2, 0) is 16.1 Å². The van der Waals surface area contributed by atoms with E-state index in [1.807, 2.05) is 26.0 Å². The predicted octanol–water partition coefficient (Wildman–Crippen LogP) is 3.96. The summed E-state index contributed by atoms with van der Waals surface area (Å²) >= 11 is 0. The van der Waals surface area contributed by atoms with Crippen LogP contribution in [0, 0.1) is 45.9 Å². The number of hydrazone groups is 1. The molecule has 0 spiro atoms. The van der Waals surface area contributed by atoms with Gasteiger partial charge in [0.15, 0.2) is 6.61 Å². The summed E-state index contributed by atoms with van der Waals surface area (Å²) in [6.45, 7) is 9.96. The Morgan fingerprint density at radius 2 is 1.91 bits per heavy atom. The first kappa shape index (κ1) is 24.7. The van der Waals surface area contributed by atoms with E-state index in [0.29, 0.717) is 11.3 Å². The monoisotopic (exact) mass is 459 g/mol.